The Balaban J connectivity index is 2.38. The van der Waals surface area contributed by atoms with Gasteiger partial charge in [-0.3, -0.25) is 14.0 Å². The summed E-state index contributed by atoms with van der Waals surface area (Å²) in [5, 5.41) is 0. The van der Waals surface area contributed by atoms with Crippen LogP contribution in [0.1, 0.15) is 34.8 Å². The molecule has 0 saturated carbocycles. The van der Waals surface area contributed by atoms with E-state index in [1.807, 2.05) is 20.8 Å². The van der Waals surface area contributed by atoms with E-state index in [0.717, 1.165) is 22.1 Å². The lowest BCUT2D eigenvalue weighted by Gasteiger charge is -2.24. The molecule has 0 aliphatic heterocycles. The van der Waals surface area contributed by atoms with Gasteiger partial charge in [-0.2, -0.15) is 11.8 Å². The number of amides is 1. The Morgan fingerprint density at radius 2 is 2.18 bits per heavy atom. The second-order valence-corrected chi connectivity index (χ2v) is 7.76. The normalized spacial score (nSPS) is 12.6. The molecule has 0 saturated heterocycles. The number of carbonyl (C=O) groups excluding carboxylic acids is 1. The SMILES string of the molecule is CCSCC(C)N(C)C(=O)c1cnc2sc(C)c(C)n2c1=O. The van der Waals surface area contributed by atoms with E-state index in [2.05, 4.69) is 11.9 Å². The molecule has 1 atom stereocenters. The standard InChI is InChI=1S/C15H21N3O2S2/c1-6-21-8-9(2)17(5)13(19)12-7-16-15-18(14(12)20)10(3)11(4)22-15/h7,9H,6,8H2,1-5H3. The number of hydrogen-bond donors (Lipinski definition) is 0. The van der Waals surface area contributed by atoms with Crippen LogP contribution in [0.3, 0.4) is 0 Å². The maximum Gasteiger partial charge on any atom is 0.271 e. The first-order valence-corrected chi connectivity index (χ1v) is 9.18. The minimum atomic E-state index is -0.279. The molecule has 7 heteroatoms. The van der Waals surface area contributed by atoms with Crippen LogP contribution in [-0.4, -0.2) is 44.8 Å². The van der Waals surface area contributed by atoms with Gasteiger partial charge in [-0.1, -0.05) is 6.92 Å². The van der Waals surface area contributed by atoms with E-state index in [1.165, 1.54) is 21.9 Å². The fourth-order valence-corrected chi connectivity index (χ4v) is 3.84. The Hall–Kier alpha value is -1.34. The molecule has 0 N–H and O–H groups in total. The highest BCUT2D eigenvalue weighted by Gasteiger charge is 2.22. The molecule has 2 aromatic heterocycles. The molecule has 0 aromatic carbocycles. The molecule has 1 unspecified atom stereocenters. The van der Waals surface area contributed by atoms with Gasteiger partial charge in [0.15, 0.2) is 4.96 Å². The van der Waals surface area contributed by atoms with E-state index in [-0.39, 0.29) is 23.1 Å². The first-order chi connectivity index (χ1) is 10.4. The third-order valence-electron chi connectivity index (χ3n) is 3.79. The lowest BCUT2D eigenvalue weighted by atomic mass is 10.2. The lowest BCUT2D eigenvalue weighted by molar-refractivity contribution is 0.0755. The molecule has 0 fully saturated rings. The van der Waals surface area contributed by atoms with Crippen molar-refractivity contribution >= 4 is 34.0 Å². The van der Waals surface area contributed by atoms with Crippen LogP contribution in [0.2, 0.25) is 0 Å². The third kappa shape index (κ3) is 3.05. The molecule has 2 heterocycles. The van der Waals surface area contributed by atoms with Crippen molar-refractivity contribution in [1.82, 2.24) is 14.3 Å². The monoisotopic (exact) mass is 339 g/mol. The van der Waals surface area contributed by atoms with E-state index >= 15 is 0 Å². The van der Waals surface area contributed by atoms with Gasteiger partial charge in [0.2, 0.25) is 0 Å². The van der Waals surface area contributed by atoms with Crippen molar-refractivity contribution in [2.24, 2.45) is 0 Å². The van der Waals surface area contributed by atoms with Gasteiger partial charge in [-0.15, -0.1) is 11.3 Å². The summed E-state index contributed by atoms with van der Waals surface area (Å²) in [5.41, 5.74) is 0.706. The highest BCUT2D eigenvalue weighted by Crippen LogP contribution is 2.18. The predicted octanol–water partition coefficient (Wildman–Crippen LogP) is 2.59. The van der Waals surface area contributed by atoms with Crippen LogP contribution in [0.4, 0.5) is 0 Å². The molecule has 5 nitrogen and oxygen atoms in total. The van der Waals surface area contributed by atoms with Gasteiger partial charge in [0.25, 0.3) is 11.5 Å². The van der Waals surface area contributed by atoms with Gasteiger partial charge < -0.3 is 4.90 Å². The topological polar surface area (TPSA) is 54.7 Å². The number of carbonyl (C=O) groups is 1. The lowest BCUT2D eigenvalue weighted by Crippen LogP contribution is -2.40. The van der Waals surface area contributed by atoms with Crippen molar-refractivity contribution in [1.29, 1.82) is 0 Å². The van der Waals surface area contributed by atoms with Crippen molar-refractivity contribution < 1.29 is 4.79 Å². The zero-order valence-electron chi connectivity index (χ0n) is 13.5. The fourth-order valence-electron chi connectivity index (χ4n) is 2.11. The molecule has 0 aliphatic rings. The number of rotatable bonds is 5. The summed E-state index contributed by atoms with van der Waals surface area (Å²) in [5.74, 6) is 1.60. The largest absolute Gasteiger partial charge is 0.338 e. The number of hydrogen-bond acceptors (Lipinski definition) is 5. The maximum absolute atomic E-state index is 12.6. The number of thioether (sulfide) groups is 1. The summed E-state index contributed by atoms with van der Waals surface area (Å²) in [4.78, 5) is 32.8. The Bertz CT molecular complexity index is 751. The zero-order chi connectivity index (χ0) is 16.4. The fraction of sp³-hybridized carbons (Fsp3) is 0.533. The molecule has 22 heavy (non-hydrogen) atoms. The smallest absolute Gasteiger partial charge is 0.271 e. The van der Waals surface area contributed by atoms with Crippen LogP contribution in [0, 0.1) is 13.8 Å². The van der Waals surface area contributed by atoms with Crippen LogP contribution in [0.25, 0.3) is 4.96 Å². The first-order valence-electron chi connectivity index (χ1n) is 7.21. The maximum atomic E-state index is 12.6. The van der Waals surface area contributed by atoms with Crippen molar-refractivity contribution in [3.05, 3.63) is 32.7 Å². The number of aromatic nitrogens is 2. The van der Waals surface area contributed by atoms with Gasteiger partial charge in [-0.25, -0.2) is 4.98 Å². The van der Waals surface area contributed by atoms with Gasteiger partial charge in [0.1, 0.15) is 5.56 Å². The summed E-state index contributed by atoms with van der Waals surface area (Å²) in [6, 6.07) is 0.0721. The molecule has 120 valence electrons. The third-order valence-corrected chi connectivity index (χ3v) is 5.99. The summed E-state index contributed by atoms with van der Waals surface area (Å²) in [6.07, 6.45) is 1.41. The Kier molecular flexibility index (Phi) is 5.28. The minimum absolute atomic E-state index is 0.0721. The summed E-state index contributed by atoms with van der Waals surface area (Å²) in [7, 11) is 1.74. The summed E-state index contributed by atoms with van der Waals surface area (Å²) < 4.78 is 1.53. The molecular formula is C15H21N3O2S2. The number of nitrogens with zero attached hydrogens (tertiary/aromatic N) is 3. The highest BCUT2D eigenvalue weighted by atomic mass is 32.2. The van der Waals surface area contributed by atoms with E-state index in [1.54, 1.807) is 23.7 Å². The van der Waals surface area contributed by atoms with Gasteiger partial charge in [-0.05, 0) is 26.5 Å². The number of fused-ring (bicyclic) bond motifs is 1. The van der Waals surface area contributed by atoms with Crippen LogP contribution in [0.15, 0.2) is 11.0 Å². The van der Waals surface area contributed by atoms with Crippen molar-refractivity contribution in [3.8, 4) is 0 Å². The molecule has 1 amide bonds. The van der Waals surface area contributed by atoms with Crippen LogP contribution >= 0.6 is 23.1 Å². The number of aryl methyl sites for hydroxylation is 2. The average molecular weight is 339 g/mol. The number of thiazole rings is 1. The molecule has 0 radical (unpaired) electrons. The average Bonchev–Trinajstić information content (AvgIpc) is 2.79. The molecule has 0 bridgehead atoms. The Morgan fingerprint density at radius 1 is 1.50 bits per heavy atom. The Labute approximate surface area is 138 Å². The first kappa shape index (κ1) is 17.0. The molecular weight excluding hydrogens is 318 g/mol. The van der Waals surface area contributed by atoms with E-state index in [4.69, 9.17) is 0 Å². The Morgan fingerprint density at radius 3 is 2.82 bits per heavy atom. The zero-order valence-corrected chi connectivity index (χ0v) is 15.2. The summed E-state index contributed by atoms with van der Waals surface area (Å²) in [6.45, 7) is 7.90. The van der Waals surface area contributed by atoms with E-state index in [0.29, 0.717) is 4.96 Å². The van der Waals surface area contributed by atoms with E-state index < -0.39 is 0 Å². The second kappa shape index (κ2) is 6.83. The van der Waals surface area contributed by atoms with Gasteiger partial charge in [0, 0.05) is 35.6 Å². The van der Waals surface area contributed by atoms with Crippen molar-refractivity contribution in [3.63, 3.8) is 0 Å². The van der Waals surface area contributed by atoms with E-state index in [9.17, 15) is 9.59 Å². The summed E-state index contributed by atoms with van der Waals surface area (Å²) >= 11 is 3.24. The predicted molar refractivity (Wildman–Crippen MR) is 93.4 cm³/mol. The molecule has 2 aromatic rings. The van der Waals surface area contributed by atoms with Crippen molar-refractivity contribution in [2.75, 3.05) is 18.6 Å². The molecule has 2 rings (SSSR count). The highest BCUT2D eigenvalue weighted by molar-refractivity contribution is 7.99. The quantitative estimate of drug-likeness (QED) is 0.840. The second-order valence-electron chi connectivity index (χ2n) is 5.26. The van der Waals surface area contributed by atoms with Crippen LogP contribution in [0.5, 0.6) is 0 Å². The molecule has 0 aliphatic carbocycles. The van der Waals surface area contributed by atoms with Crippen molar-refractivity contribution in [2.45, 2.75) is 33.7 Å². The van der Waals surface area contributed by atoms with Gasteiger partial charge >= 0.3 is 0 Å². The minimum Gasteiger partial charge on any atom is -0.338 e. The van der Waals surface area contributed by atoms with Crippen LogP contribution in [-0.2, 0) is 0 Å². The molecule has 0 spiro atoms. The van der Waals surface area contributed by atoms with Gasteiger partial charge in [0.05, 0.1) is 0 Å². The van der Waals surface area contributed by atoms with Crippen LogP contribution < -0.4 is 5.56 Å².